The van der Waals surface area contributed by atoms with E-state index in [1.165, 1.54) is 0 Å². The van der Waals surface area contributed by atoms with Crippen LogP contribution in [-0.4, -0.2) is 21.2 Å². The Bertz CT molecular complexity index is 593. The molecule has 0 bridgehead atoms. The van der Waals surface area contributed by atoms with Crippen LogP contribution >= 0.6 is 0 Å². The number of hydrogen-bond donors (Lipinski definition) is 0. The zero-order valence-electron chi connectivity index (χ0n) is 8.19. The van der Waals surface area contributed by atoms with Gasteiger partial charge < -0.3 is 4.74 Å². The Morgan fingerprint density at radius 1 is 1.60 bits per heavy atom. The van der Waals surface area contributed by atoms with Crippen LogP contribution in [0.3, 0.4) is 0 Å². The van der Waals surface area contributed by atoms with Crippen molar-refractivity contribution >= 4 is 5.65 Å². The van der Waals surface area contributed by atoms with Gasteiger partial charge in [0.1, 0.15) is 23.2 Å². The lowest BCUT2D eigenvalue weighted by Gasteiger charge is -2.01. The number of rotatable bonds is 0. The normalized spacial score (nSPS) is 13.6. The molecule has 3 heterocycles. The summed E-state index contributed by atoms with van der Waals surface area (Å²) in [6.07, 6.45) is 2.46. The number of aromatic nitrogens is 3. The molecule has 2 aromatic heterocycles. The predicted octanol–water partition coefficient (Wildman–Crippen LogP) is 0.844. The summed E-state index contributed by atoms with van der Waals surface area (Å²) in [5.74, 6) is 1.39. The number of fused-ring (bicyclic) bond motifs is 3. The van der Waals surface area contributed by atoms with E-state index in [1.807, 2.05) is 6.92 Å². The van der Waals surface area contributed by atoms with Gasteiger partial charge in [0.15, 0.2) is 5.65 Å². The first-order valence-electron chi connectivity index (χ1n) is 4.71. The van der Waals surface area contributed by atoms with Crippen molar-refractivity contribution in [1.82, 2.24) is 14.6 Å². The molecular formula is C10H8N4O. The highest BCUT2D eigenvalue weighted by atomic mass is 16.5. The molecule has 2 aromatic rings. The van der Waals surface area contributed by atoms with E-state index in [-0.39, 0.29) is 0 Å². The third kappa shape index (κ3) is 1.02. The van der Waals surface area contributed by atoms with Gasteiger partial charge in [-0.05, 0) is 6.92 Å². The lowest BCUT2D eigenvalue weighted by molar-refractivity contribution is 0.355. The fourth-order valence-electron chi connectivity index (χ4n) is 1.90. The van der Waals surface area contributed by atoms with Crippen molar-refractivity contribution in [2.45, 2.75) is 13.3 Å². The van der Waals surface area contributed by atoms with Gasteiger partial charge in [-0.15, -0.1) is 0 Å². The molecule has 0 radical (unpaired) electrons. The highest BCUT2D eigenvalue weighted by Crippen LogP contribution is 2.31. The smallest absolute Gasteiger partial charge is 0.162 e. The van der Waals surface area contributed by atoms with Gasteiger partial charge in [0.2, 0.25) is 0 Å². The van der Waals surface area contributed by atoms with E-state index in [0.717, 1.165) is 17.6 Å². The summed E-state index contributed by atoms with van der Waals surface area (Å²) in [6.45, 7) is 2.46. The van der Waals surface area contributed by atoms with E-state index >= 15 is 0 Å². The Morgan fingerprint density at radius 3 is 3.27 bits per heavy atom. The van der Waals surface area contributed by atoms with Crippen molar-refractivity contribution in [3.8, 4) is 11.8 Å². The molecule has 0 unspecified atom stereocenters. The number of nitriles is 1. The fourth-order valence-corrected chi connectivity index (χ4v) is 1.90. The van der Waals surface area contributed by atoms with Gasteiger partial charge in [0, 0.05) is 12.0 Å². The maximum Gasteiger partial charge on any atom is 0.162 e. The number of aryl methyl sites for hydroxylation is 1. The maximum absolute atomic E-state index is 8.98. The van der Waals surface area contributed by atoms with Crippen molar-refractivity contribution in [3.05, 3.63) is 23.1 Å². The Morgan fingerprint density at radius 2 is 2.47 bits per heavy atom. The van der Waals surface area contributed by atoms with Gasteiger partial charge >= 0.3 is 0 Å². The molecule has 0 spiro atoms. The number of ether oxygens (including phenoxy) is 1. The highest BCUT2D eigenvalue weighted by Gasteiger charge is 2.22. The Balaban J connectivity index is 2.45. The molecule has 1 aliphatic rings. The quantitative estimate of drug-likeness (QED) is 0.632. The van der Waals surface area contributed by atoms with Crippen LogP contribution in [0.25, 0.3) is 5.65 Å². The zero-order valence-corrected chi connectivity index (χ0v) is 8.19. The zero-order chi connectivity index (χ0) is 10.4. The minimum absolute atomic E-state index is 0.528. The Labute approximate surface area is 85.9 Å². The van der Waals surface area contributed by atoms with Gasteiger partial charge in [-0.2, -0.15) is 10.4 Å². The minimum Gasteiger partial charge on any atom is -0.491 e. The van der Waals surface area contributed by atoms with Crippen LogP contribution in [0.4, 0.5) is 0 Å². The van der Waals surface area contributed by atoms with Crippen LogP contribution in [0.15, 0.2) is 6.20 Å². The summed E-state index contributed by atoms with van der Waals surface area (Å²) in [5, 5.41) is 13.2. The van der Waals surface area contributed by atoms with Crippen LogP contribution < -0.4 is 4.74 Å². The van der Waals surface area contributed by atoms with E-state index < -0.39 is 0 Å². The molecular weight excluding hydrogens is 192 g/mol. The molecule has 74 valence electrons. The predicted molar refractivity (Wildman–Crippen MR) is 51.6 cm³/mol. The molecule has 0 aromatic carbocycles. The summed E-state index contributed by atoms with van der Waals surface area (Å²) in [4.78, 5) is 4.32. The molecule has 0 amide bonds. The van der Waals surface area contributed by atoms with E-state index in [2.05, 4.69) is 16.2 Å². The fraction of sp³-hybridized carbons (Fsp3) is 0.300. The average Bonchev–Trinajstić information content (AvgIpc) is 2.80. The lowest BCUT2D eigenvalue weighted by atomic mass is 10.1. The largest absolute Gasteiger partial charge is 0.491 e. The molecule has 15 heavy (non-hydrogen) atoms. The van der Waals surface area contributed by atoms with Crippen LogP contribution in [0.2, 0.25) is 0 Å². The molecule has 5 nitrogen and oxygen atoms in total. The van der Waals surface area contributed by atoms with Crippen molar-refractivity contribution in [2.24, 2.45) is 0 Å². The van der Waals surface area contributed by atoms with Crippen LogP contribution in [0.1, 0.15) is 17.0 Å². The molecule has 1 aliphatic heterocycles. The van der Waals surface area contributed by atoms with Gasteiger partial charge in [0.25, 0.3) is 0 Å². The first kappa shape index (κ1) is 8.24. The highest BCUT2D eigenvalue weighted by molar-refractivity contribution is 5.62. The number of pyridine rings is 1. The topological polar surface area (TPSA) is 63.2 Å². The summed E-state index contributed by atoms with van der Waals surface area (Å²) >= 11 is 0. The molecule has 0 aliphatic carbocycles. The Kier molecular flexibility index (Phi) is 1.48. The number of nitrogens with zero attached hydrogens (tertiary/aromatic N) is 4. The standard InChI is InChI=1S/C10H8N4O/c1-6-12-10-8-2-3-15-9(8)7(4-11)5-14(10)13-6/h5H,2-3H2,1H3. The average molecular weight is 200 g/mol. The third-order valence-corrected chi connectivity index (χ3v) is 2.50. The van der Waals surface area contributed by atoms with Crippen molar-refractivity contribution < 1.29 is 4.74 Å². The second kappa shape index (κ2) is 2.70. The van der Waals surface area contributed by atoms with Crippen molar-refractivity contribution in [1.29, 1.82) is 5.26 Å². The molecule has 3 rings (SSSR count). The van der Waals surface area contributed by atoms with Crippen LogP contribution in [-0.2, 0) is 6.42 Å². The van der Waals surface area contributed by atoms with Crippen molar-refractivity contribution in [3.63, 3.8) is 0 Å². The molecule has 0 saturated heterocycles. The number of hydrogen-bond acceptors (Lipinski definition) is 4. The van der Waals surface area contributed by atoms with Gasteiger partial charge in [0.05, 0.1) is 12.8 Å². The summed E-state index contributed by atoms with van der Waals surface area (Å²) < 4.78 is 7.09. The second-order valence-electron chi connectivity index (χ2n) is 3.49. The summed E-state index contributed by atoms with van der Waals surface area (Å²) in [6, 6.07) is 2.12. The van der Waals surface area contributed by atoms with Crippen LogP contribution in [0, 0.1) is 18.3 Å². The van der Waals surface area contributed by atoms with Gasteiger partial charge in [-0.1, -0.05) is 0 Å². The molecule has 0 fully saturated rings. The van der Waals surface area contributed by atoms with Gasteiger partial charge in [-0.25, -0.2) is 9.50 Å². The van der Waals surface area contributed by atoms with Crippen LogP contribution in [0.5, 0.6) is 5.75 Å². The summed E-state index contributed by atoms with van der Waals surface area (Å²) in [7, 11) is 0. The lowest BCUT2D eigenvalue weighted by Crippen LogP contribution is -1.94. The maximum atomic E-state index is 8.98. The second-order valence-corrected chi connectivity index (χ2v) is 3.49. The molecule has 0 N–H and O–H groups in total. The van der Waals surface area contributed by atoms with E-state index in [4.69, 9.17) is 10.00 Å². The third-order valence-electron chi connectivity index (χ3n) is 2.50. The van der Waals surface area contributed by atoms with E-state index in [9.17, 15) is 0 Å². The first-order chi connectivity index (χ1) is 7.29. The summed E-state index contributed by atoms with van der Waals surface area (Å²) in [5.41, 5.74) is 2.33. The van der Waals surface area contributed by atoms with E-state index in [0.29, 0.717) is 23.7 Å². The van der Waals surface area contributed by atoms with Crippen molar-refractivity contribution in [2.75, 3.05) is 6.61 Å². The molecule has 0 atom stereocenters. The minimum atomic E-state index is 0.528. The Hall–Kier alpha value is -2.09. The van der Waals surface area contributed by atoms with Gasteiger partial charge in [-0.3, -0.25) is 0 Å². The monoisotopic (exact) mass is 200 g/mol. The van der Waals surface area contributed by atoms with E-state index in [1.54, 1.807) is 10.7 Å². The first-order valence-corrected chi connectivity index (χ1v) is 4.71. The SMILES string of the molecule is Cc1nc2c3c(c(C#N)cn2n1)OCC3. The molecule has 5 heteroatoms. The molecule has 0 saturated carbocycles.